The minimum atomic E-state index is -2.78. The van der Waals surface area contributed by atoms with Gasteiger partial charge in [-0.05, 0) is 44.4 Å². The highest BCUT2D eigenvalue weighted by atomic mass is 19.3. The SMILES string of the molecule is CCOC1CC(NC(C)c2ccc(OC(F)F)cc2)C1. The Labute approximate surface area is 118 Å². The Morgan fingerprint density at radius 3 is 2.45 bits per heavy atom. The molecular formula is C15H21F2NO2. The Morgan fingerprint density at radius 2 is 1.90 bits per heavy atom. The van der Waals surface area contributed by atoms with Crippen molar-refractivity contribution >= 4 is 0 Å². The van der Waals surface area contributed by atoms with E-state index in [1.165, 1.54) is 0 Å². The predicted octanol–water partition coefficient (Wildman–Crippen LogP) is 3.51. The Morgan fingerprint density at radius 1 is 1.25 bits per heavy atom. The van der Waals surface area contributed by atoms with Gasteiger partial charge in [-0.1, -0.05) is 12.1 Å². The van der Waals surface area contributed by atoms with Gasteiger partial charge in [-0.2, -0.15) is 8.78 Å². The van der Waals surface area contributed by atoms with Crippen LogP contribution < -0.4 is 10.1 Å². The van der Waals surface area contributed by atoms with Gasteiger partial charge in [0.15, 0.2) is 0 Å². The number of hydrogen-bond acceptors (Lipinski definition) is 3. The summed E-state index contributed by atoms with van der Waals surface area (Å²) in [6.45, 7) is 2.06. The van der Waals surface area contributed by atoms with E-state index in [1.807, 2.05) is 19.1 Å². The molecule has 1 aromatic carbocycles. The highest BCUT2D eigenvalue weighted by molar-refractivity contribution is 5.29. The van der Waals surface area contributed by atoms with Crippen molar-refractivity contribution < 1.29 is 18.3 Å². The van der Waals surface area contributed by atoms with Crippen LogP contribution in [0.15, 0.2) is 24.3 Å². The molecule has 112 valence electrons. The number of alkyl halides is 2. The summed E-state index contributed by atoms with van der Waals surface area (Å²) in [5.41, 5.74) is 1.06. The summed E-state index contributed by atoms with van der Waals surface area (Å²) in [6, 6.07) is 7.43. The van der Waals surface area contributed by atoms with Crippen LogP contribution in [0, 0.1) is 0 Å². The van der Waals surface area contributed by atoms with Crippen LogP contribution >= 0.6 is 0 Å². The number of ether oxygens (including phenoxy) is 2. The van der Waals surface area contributed by atoms with Gasteiger partial charge in [0, 0.05) is 18.7 Å². The first kappa shape index (κ1) is 15.2. The molecule has 0 aliphatic heterocycles. The molecule has 1 saturated carbocycles. The quantitative estimate of drug-likeness (QED) is 0.831. The van der Waals surface area contributed by atoms with Crippen LogP contribution in [0.5, 0.6) is 5.75 Å². The van der Waals surface area contributed by atoms with Gasteiger partial charge in [0.2, 0.25) is 0 Å². The summed E-state index contributed by atoms with van der Waals surface area (Å²) in [5.74, 6) is 0.191. The highest BCUT2D eigenvalue weighted by Gasteiger charge is 2.30. The lowest BCUT2D eigenvalue weighted by Crippen LogP contribution is -2.46. The van der Waals surface area contributed by atoms with E-state index in [1.54, 1.807) is 12.1 Å². The molecule has 5 heteroatoms. The molecule has 1 aliphatic carbocycles. The lowest BCUT2D eigenvalue weighted by Gasteiger charge is -2.37. The third-order valence-electron chi connectivity index (χ3n) is 3.59. The Bertz CT molecular complexity index is 405. The first-order valence-corrected chi connectivity index (χ1v) is 7.01. The van der Waals surface area contributed by atoms with E-state index in [0.29, 0.717) is 12.1 Å². The van der Waals surface area contributed by atoms with Gasteiger partial charge in [-0.15, -0.1) is 0 Å². The molecule has 0 saturated heterocycles. The maximum atomic E-state index is 12.1. The predicted molar refractivity (Wildman–Crippen MR) is 73.1 cm³/mol. The van der Waals surface area contributed by atoms with E-state index in [0.717, 1.165) is 25.0 Å². The minimum absolute atomic E-state index is 0.183. The van der Waals surface area contributed by atoms with Crippen LogP contribution in [0.1, 0.15) is 38.3 Å². The summed E-state index contributed by atoms with van der Waals surface area (Å²) < 4.78 is 34.0. The van der Waals surface area contributed by atoms with Gasteiger partial charge < -0.3 is 14.8 Å². The molecule has 0 radical (unpaired) electrons. The van der Waals surface area contributed by atoms with Crippen LogP contribution in [-0.2, 0) is 4.74 Å². The van der Waals surface area contributed by atoms with Crippen molar-refractivity contribution in [2.75, 3.05) is 6.61 Å². The first-order valence-electron chi connectivity index (χ1n) is 7.01. The lowest BCUT2D eigenvalue weighted by molar-refractivity contribution is -0.0498. The van der Waals surface area contributed by atoms with Gasteiger partial charge in [-0.25, -0.2) is 0 Å². The summed E-state index contributed by atoms with van der Waals surface area (Å²) in [5, 5.41) is 3.51. The van der Waals surface area contributed by atoms with Crippen molar-refractivity contribution in [2.24, 2.45) is 0 Å². The molecule has 0 spiro atoms. The summed E-state index contributed by atoms with van der Waals surface area (Å²) in [6.07, 6.45) is 2.45. The van der Waals surface area contributed by atoms with Crippen molar-refractivity contribution in [2.45, 2.75) is 51.5 Å². The Kier molecular flexibility index (Phi) is 5.31. The van der Waals surface area contributed by atoms with Crippen molar-refractivity contribution in [3.05, 3.63) is 29.8 Å². The molecule has 0 heterocycles. The van der Waals surface area contributed by atoms with E-state index in [-0.39, 0.29) is 11.8 Å². The zero-order valence-corrected chi connectivity index (χ0v) is 11.8. The second kappa shape index (κ2) is 6.99. The second-order valence-electron chi connectivity index (χ2n) is 5.08. The van der Waals surface area contributed by atoms with Gasteiger partial charge >= 0.3 is 6.61 Å². The summed E-state index contributed by atoms with van der Waals surface area (Å²) >= 11 is 0. The molecule has 1 aromatic rings. The molecule has 0 aromatic heterocycles. The van der Waals surface area contributed by atoms with Crippen LogP contribution in [0.3, 0.4) is 0 Å². The van der Waals surface area contributed by atoms with Crippen LogP contribution in [-0.4, -0.2) is 25.4 Å². The van der Waals surface area contributed by atoms with Crippen molar-refractivity contribution in [1.82, 2.24) is 5.32 Å². The molecule has 2 rings (SSSR count). The minimum Gasteiger partial charge on any atom is -0.435 e. The van der Waals surface area contributed by atoms with Crippen LogP contribution in [0.2, 0.25) is 0 Å². The molecule has 0 amide bonds. The molecule has 0 bridgehead atoms. The lowest BCUT2D eigenvalue weighted by atomic mass is 9.88. The van der Waals surface area contributed by atoms with Crippen LogP contribution in [0.25, 0.3) is 0 Å². The number of nitrogens with one attached hydrogen (secondary N) is 1. The van der Waals surface area contributed by atoms with E-state index in [2.05, 4.69) is 17.0 Å². The number of rotatable bonds is 7. The fourth-order valence-electron chi connectivity index (χ4n) is 2.46. The molecule has 3 nitrogen and oxygen atoms in total. The zero-order chi connectivity index (χ0) is 14.5. The first-order chi connectivity index (χ1) is 9.58. The standard InChI is InChI=1S/C15H21F2NO2/c1-3-19-14-8-12(9-14)18-10(2)11-4-6-13(7-5-11)20-15(16)17/h4-7,10,12,14-15,18H,3,8-9H2,1-2H3. The second-order valence-corrected chi connectivity index (χ2v) is 5.08. The molecule has 20 heavy (non-hydrogen) atoms. The summed E-state index contributed by atoms with van der Waals surface area (Å²) in [7, 11) is 0. The van der Waals surface area contributed by atoms with Gasteiger partial charge in [0.1, 0.15) is 5.75 Å². The third-order valence-corrected chi connectivity index (χ3v) is 3.59. The van der Waals surface area contributed by atoms with Crippen molar-refractivity contribution in [3.8, 4) is 5.75 Å². The van der Waals surface area contributed by atoms with Gasteiger partial charge in [-0.3, -0.25) is 0 Å². The van der Waals surface area contributed by atoms with Gasteiger partial charge in [0.25, 0.3) is 0 Å². The molecule has 1 N–H and O–H groups in total. The third kappa shape index (κ3) is 4.15. The number of hydrogen-bond donors (Lipinski definition) is 1. The van der Waals surface area contributed by atoms with Crippen LogP contribution in [0.4, 0.5) is 8.78 Å². The van der Waals surface area contributed by atoms with E-state index >= 15 is 0 Å². The average molecular weight is 285 g/mol. The normalized spacial score (nSPS) is 23.4. The fraction of sp³-hybridized carbons (Fsp3) is 0.600. The smallest absolute Gasteiger partial charge is 0.387 e. The largest absolute Gasteiger partial charge is 0.435 e. The van der Waals surface area contributed by atoms with Crippen molar-refractivity contribution in [3.63, 3.8) is 0 Å². The molecule has 1 aliphatic rings. The van der Waals surface area contributed by atoms with Crippen molar-refractivity contribution in [1.29, 1.82) is 0 Å². The van der Waals surface area contributed by atoms with E-state index < -0.39 is 6.61 Å². The topological polar surface area (TPSA) is 30.5 Å². The average Bonchev–Trinajstić information content (AvgIpc) is 2.36. The highest BCUT2D eigenvalue weighted by Crippen LogP contribution is 2.27. The molecule has 1 unspecified atom stereocenters. The molecule has 1 atom stereocenters. The molecular weight excluding hydrogens is 264 g/mol. The van der Waals surface area contributed by atoms with E-state index in [4.69, 9.17) is 4.74 Å². The molecule has 1 fully saturated rings. The zero-order valence-electron chi connectivity index (χ0n) is 11.8. The maximum Gasteiger partial charge on any atom is 0.387 e. The Hall–Kier alpha value is -1.20. The number of halogens is 2. The number of benzene rings is 1. The summed E-state index contributed by atoms with van der Waals surface area (Å²) in [4.78, 5) is 0. The van der Waals surface area contributed by atoms with Gasteiger partial charge in [0.05, 0.1) is 6.10 Å². The monoisotopic (exact) mass is 285 g/mol. The maximum absolute atomic E-state index is 12.1. The Balaban J connectivity index is 1.79. The fourth-order valence-corrected chi connectivity index (χ4v) is 2.46. The van der Waals surface area contributed by atoms with E-state index in [9.17, 15) is 8.78 Å².